The summed E-state index contributed by atoms with van der Waals surface area (Å²) in [5.41, 5.74) is 4.49. The van der Waals surface area contributed by atoms with Crippen LogP contribution in [0.15, 0.2) is 18.2 Å². The number of hydrogen-bond acceptors (Lipinski definition) is 3. The zero-order valence-electron chi connectivity index (χ0n) is 9.38. The number of nitrogens with two attached hydrogens (primary N) is 1. The number of halogens is 3. The van der Waals surface area contributed by atoms with Crippen LogP contribution in [0.3, 0.4) is 0 Å². The molecule has 0 heterocycles. The molecule has 18 heavy (non-hydrogen) atoms. The van der Waals surface area contributed by atoms with Crippen LogP contribution in [0.1, 0.15) is 11.1 Å². The van der Waals surface area contributed by atoms with Gasteiger partial charge in [0.05, 0.1) is 11.3 Å². The first-order valence-electron chi connectivity index (χ1n) is 4.81. The van der Waals surface area contributed by atoms with Crippen LogP contribution in [0.2, 0.25) is 0 Å². The minimum atomic E-state index is -4.50. The molecule has 0 amide bonds. The fourth-order valence-corrected chi connectivity index (χ4v) is 1.82. The molecular weight excluding hydrogens is 271 g/mol. The Kier molecular flexibility index (Phi) is 4.20. The molecule has 102 valence electrons. The maximum Gasteiger partial charge on any atom is 0.416 e. The van der Waals surface area contributed by atoms with E-state index in [1.807, 2.05) is 4.72 Å². The van der Waals surface area contributed by atoms with E-state index in [9.17, 15) is 21.6 Å². The fraction of sp³-hybridized carbons (Fsp3) is 0.333. The van der Waals surface area contributed by atoms with Crippen molar-refractivity contribution >= 4 is 15.9 Å². The highest BCUT2D eigenvalue weighted by molar-refractivity contribution is 7.90. The summed E-state index contributed by atoms with van der Waals surface area (Å²) < 4.78 is 63.9. The molecule has 0 spiro atoms. The molecule has 1 aromatic rings. The number of benzene rings is 1. The maximum absolute atomic E-state index is 12.4. The van der Waals surface area contributed by atoms with Gasteiger partial charge in [-0.15, -0.1) is 0 Å². The van der Waals surface area contributed by atoms with Gasteiger partial charge in [0.15, 0.2) is 0 Å². The van der Waals surface area contributed by atoms with Gasteiger partial charge < -0.3 is 5.73 Å². The fourth-order valence-electron chi connectivity index (χ4n) is 1.23. The molecule has 0 aliphatic carbocycles. The molecule has 0 atom stereocenters. The zero-order chi connectivity index (χ0) is 14.0. The molecule has 0 saturated carbocycles. The van der Waals surface area contributed by atoms with Crippen molar-refractivity contribution in [2.45, 2.75) is 12.7 Å². The van der Waals surface area contributed by atoms with E-state index in [0.29, 0.717) is 0 Å². The molecule has 0 aromatic heterocycles. The van der Waals surface area contributed by atoms with Gasteiger partial charge in [0, 0.05) is 13.6 Å². The summed E-state index contributed by atoms with van der Waals surface area (Å²) in [6.07, 6.45) is -4.50. The van der Waals surface area contributed by atoms with E-state index in [-0.39, 0.29) is 17.8 Å². The Morgan fingerprint density at radius 2 is 1.94 bits per heavy atom. The summed E-state index contributed by atoms with van der Waals surface area (Å²) >= 11 is 0. The molecule has 0 fully saturated rings. The number of anilines is 1. The first-order valence-corrected chi connectivity index (χ1v) is 6.29. The number of hydrogen-bond donors (Lipinski definition) is 3. The van der Waals surface area contributed by atoms with Crippen molar-refractivity contribution in [3.63, 3.8) is 0 Å². The lowest BCUT2D eigenvalue weighted by atomic mass is 10.1. The predicted molar refractivity (Wildman–Crippen MR) is 60.9 cm³/mol. The van der Waals surface area contributed by atoms with Crippen molar-refractivity contribution in [2.75, 3.05) is 11.8 Å². The van der Waals surface area contributed by atoms with Gasteiger partial charge in [-0.1, -0.05) is 0 Å². The van der Waals surface area contributed by atoms with Crippen LogP contribution >= 0.6 is 0 Å². The molecule has 0 aliphatic heterocycles. The van der Waals surface area contributed by atoms with Gasteiger partial charge in [0.2, 0.25) is 0 Å². The number of nitrogens with one attached hydrogen (secondary N) is 2. The van der Waals surface area contributed by atoms with Crippen LogP contribution in [-0.2, 0) is 22.9 Å². The van der Waals surface area contributed by atoms with E-state index < -0.39 is 21.9 Å². The van der Waals surface area contributed by atoms with Gasteiger partial charge in [-0.25, -0.2) is 4.72 Å². The largest absolute Gasteiger partial charge is 0.416 e. The molecule has 0 bridgehead atoms. The highest BCUT2D eigenvalue weighted by atomic mass is 32.2. The van der Waals surface area contributed by atoms with E-state index in [1.54, 1.807) is 0 Å². The lowest BCUT2D eigenvalue weighted by Gasteiger charge is -2.13. The lowest BCUT2D eigenvalue weighted by molar-refractivity contribution is -0.137. The molecule has 0 saturated heterocycles. The van der Waals surface area contributed by atoms with Gasteiger partial charge in [-0.3, -0.25) is 4.72 Å². The van der Waals surface area contributed by atoms with Crippen LogP contribution in [0.25, 0.3) is 0 Å². The predicted octanol–water partition coefficient (Wildman–Crippen LogP) is 1.04. The normalized spacial score (nSPS) is 12.5. The standard InChI is InChI=1S/C9H12F3N3O2S/c1-14-18(16,17)15-8-3-2-7(9(10,11)12)4-6(8)5-13/h2-4,14-15H,5,13H2,1H3. The number of rotatable bonds is 4. The van der Waals surface area contributed by atoms with Crippen molar-refractivity contribution < 1.29 is 21.6 Å². The Labute approximate surface area is 102 Å². The van der Waals surface area contributed by atoms with Crippen molar-refractivity contribution in [3.8, 4) is 0 Å². The molecular formula is C9H12F3N3O2S. The third kappa shape index (κ3) is 3.59. The highest BCUT2D eigenvalue weighted by Gasteiger charge is 2.31. The summed E-state index contributed by atoms with van der Waals surface area (Å²) in [6.45, 7) is -0.217. The summed E-state index contributed by atoms with van der Waals surface area (Å²) in [5, 5.41) is 0. The van der Waals surface area contributed by atoms with E-state index in [1.165, 1.54) is 7.05 Å². The van der Waals surface area contributed by atoms with Gasteiger partial charge in [0.1, 0.15) is 0 Å². The van der Waals surface area contributed by atoms with Crippen molar-refractivity contribution in [1.29, 1.82) is 0 Å². The zero-order valence-corrected chi connectivity index (χ0v) is 10.2. The molecule has 1 rings (SSSR count). The van der Waals surface area contributed by atoms with E-state index in [4.69, 9.17) is 5.73 Å². The summed E-state index contributed by atoms with van der Waals surface area (Å²) in [6, 6.07) is 2.63. The summed E-state index contributed by atoms with van der Waals surface area (Å²) in [5.74, 6) is 0. The summed E-state index contributed by atoms with van der Waals surface area (Å²) in [4.78, 5) is 0. The second-order valence-electron chi connectivity index (χ2n) is 3.38. The second-order valence-corrected chi connectivity index (χ2v) is 5.00. The van der Waals surface area contributed by atoms with Crippen LogP contribution in [0.4, 0.5) is 18.9 Å². The first-order chi connectivity index (χ1) is 8.19. The topological polar surface area (TPSA) is 84.2 Å². The van der Waals surface area contributed by atoms with Crippen molar-refractivity contribution in [2.24, 2.45) is 5.73 Å². The Morgan fingerprint density at radius 3 is 2.39 bits per heavy atom. The molecule has 9 heteroatoms. The average Bonchev–Trinajstić information content (AvgIpc) is 2.27. The number of alkyl halides is 3. The maximum atomic E-state index is 12.4. The SMILES string of the molecule is CNS(=O)(=O)Nc1ccc(C(F)(F)F)cc1CN. The molecule has 5 nitrogen and oxygen atoms in total. The summed E-state index contributed by atoms with van der Waals surface area (Å²) in [7, 11) is -2.62. The Balaban J connectivity index is 3.17. The van der Waals surface area contributed by atoms with Crippen LogP contribution in [0.5, 0.6) is 0 Å². The minimum Gasteiger partial charge on any atom is -0.326 e. The Hall–Kier alpha value is -1.32. The van der Waals surface area contributed by atoms with E-state index in [2.05, 4.69) is 4.72 Å². The quantitative estimate of drug-likeness (QED) is 0.772. The van der Waals surface area contributed by atoms with Crippen LogP contribution < -0.4 is 15.2 Å². The molecule has 0 unspecified atom stereocenters. The Morgan fingerprint density at radius 1 is 1.33 bits per heavy atom. The van der Waals surface area contributed by atoms with Gasteiger partial charge in [0.25, 0.3) is 10.2 Å². The highest BCUT2D eigenvalue weighted by Crippen LogP contribution is 2.31. The monoisotopic (exact) mass is 283 g/mol. The van der Waals surface area contributed by atoms with E-state index in [0.717, 1.165) is 18.2 Å². The minimum absolute atomic E-state index is 0.0138. The van der Waals surface area contributed by atoms with Crippen LogP contribution in [-0.4, -0.2) is 15.5 Å². The van der Waals surface area contributed by atoms with Crippen LogP contribution in [0, 0.1) is 0 Å². The first kappa shape index (κ1) is 14.7. The van der Waals surface area contributed by atoms with Crippen molar-refractivity contribution in [3.05, 3.63) is 29.3 Å². The van der Waals surface area contributed by atoms with Gasteiger partial charge >= 0.3 is 6.18 Å². The van der Waals surface area contributed by atoms with E-state index >= 15 is 0 Å². The molecule has 0 radical (unpaired) electrons. The third-order valence-corrected chi connectivity index (χ3v) is 3.19. The van der Waals surface area contributed by atoms with Gasteiger partial charge in [-0.2, -0.15) is 21.6 Å². The second kappa shape index (κ2) is 5.12. The average molecular weight is 283 g/mol. The smallest absolute Gasteiger partial charge is 0.326 e. The third-order valence-electron chi connectivity index (χ3n) is 2.17. The van der Waals surface area contributed by atoms with Gasteiger partial charge in [-0.05, 0) is 23.8 Å². The molecule has 0 aliphatic rings. The van der Waals surface area contributed by atoms with Crippen molar-refractivity contribution in [1.82, 2.24) is 4.72 Å². The Bertz CT molecular complexity index is 528. The molecule has 1 aromatic carbocycles. The molecule has 4 N–H and O–H groups in total. The lowest BCUT2D eigenvalue weighted by Crippen LogP contribution is -2.27.